The molecule has 0 amide bonds. The van der Waals surface area contributed by atoms with Gasteiger partial charge >= 0.3 is 0 Å². The van der Waals surface area contributed by atoms with Crippen LogP contribution in [0.25, 0.3) is 0 Å². The third kappa shape index (κ3) is 3.19. The molecule has 0 radical (unpaired) electrons. The van der Waals surface area contributed by atoms with Crippen molar-refractivity contribution in [2.45, 2.75) is 13.0 Å². The lowest BCUT2D eigenvalue weighted by atomic mass is 10.1. The van der Waals surface area contributed by atoms with Gasteiger partial charge in [-0.1, -0.05) is 0 Å². The van der Waals surface area contributed by atoms with E-state index < -0.39 is 16.8 Å². The van der Waals surface area contributed by atoms with Gasteiger partial charge in [-0.05, 0) is 25.1 Å². The minimum atomic E-state index is -0.755. The summed E-state index contributed by atoms with van der Waals surface area (Å²) in [6.07, 6.45) is 0. The van der Waals surface area contributed by atoms with Gasteiger partial charge in [-0.3, -0.25) is 10.1 Å². The van der Waals surface area contributed by atoms with Gasteiger partial charge in [0.2, 0.25) is 0 Å². The summed E-state index contributed by atoms with van der Waals surface area (Å²) in [5.41, 5.74) is 0.212. The van der Waals surface area contributed by atoms with Gasteiger partial charge in [0.05, 0.1) is 22.7 Å². The lowest BCUT2D eigenvalue weighted by Crippen LogP contribution is -2.08. The van der Waals surface area contributed by atoms with E-state index in [-0.39, 0.29) is 22.9 Å². The molecule has 0 aliphatic heterocycles. The molecule has 0 spiro atoms. The minimum absolute atomic E-state index is 0.0787. The summed E-state index contributed by atoms with van der Waals surface area (Å²) < 4.78 is 13.8. The zero-order valence-electron chi connectivity index (χ0n) is 11.1. The lowest BCUT2D eigenvalue weighted by Gasteiger charge is -2.17. The maximum Gasteiger partial charge on any atom is 0.272 e. The number of anilines is 1. The van der Waals surface area contributed by atoms with Crippen LogP contribution < -0.4 is 5.32 Å². The molecule has 2 aromatic rings. The number of nitrogens with zero attached hydrogens (tertiary/aromatic N) is 1. The second kappa shape index (κ2) is 5.66. The first-order chi connectivity index (χ1) is 9.88. The Morgan fingerprint density at radius 3 is 2.52 bits per heavy atom. The van der Waals surface area contributed by atoms with Crippen LogP contribution in [0, 0.1) is 15.9 Å². The van der Waals surface area contributed by atoms with E-state index in [1.54, 1.807) is 6.92 Å². The van der Waals surface area contributed by atoms with Crippen molar-refractivity contribution in [1.82, 2.24) is 0 Å². The average molecular weight is 292 g/mol. The van der Waals surface area contributed by atoms with Crippen LogP contribution in [0.5, 0.6) is 11.5 Å². The molecule has 21 heavy (non-hydrogen) atoms. The van der Waals surface area contributed by atoms with Gasteiger partial charge in [0.1, 0.15) is 11.5 Å². The van der Waals surface area contributed by atoms with E-state index >= 15 is 0 Å². The van der Waals surface area contributed by atoms with Crippen molar-refractivity contribution in [2.75, 3.05) is 5.32 Å². The maximum atomic E-state index is 13.8. The van der Waals surface area contributed by atoms with Crippen molar-refractivity contribution in [3.8, 4) is 11.5 Å². The Bertz CT molecular complexity index is 691. The molecule has 2 aromatic carbocycles. The molecule has 1 atom stereocenters. The van der Waals surface area contributed by atoms with E-state index in [1.165, 1.54) is 30.3 Å². The first kappa shape index (κ1) is 14.6. The Balaban J connectivity index is 2.23. The monoisotopic (exact) mass is 292 g/mol. The summed E-state index contributed by atoms with van der Waals surface area (Å²) in [6.45, 7) is 1.69. The van der Waals surface area contributed by atoms with Gasteiger partial charge in [0.15, 0.2) is 5.82 Å². The summed E-state index contributed by atoms with van der Waals surface area (Å²) in [4.78, 5) is 9.87. The van der Waals surface area contributed by atoms with Crippen LogP contribution in [0.4, 0.5) is 15.8 Å². The third-order valence-electron chi connectivity index (χ3n) is 3.02. The molecule has 0 saturated carbocycles. The molecule has 2 rings (SSSR count). The normalized spacial score (nSPS) is 11.9. The Labute approximate surface area is 119 Å². The van der Waals surface area contributed by atoms with Crippen molar-refractivity contribution in [3.05, 3.63) is 57.9 Å². The molecule has 110 valence electrons. The smallest absolute Gasteiger partial charge is 0.272 e. The van der Waals surface area contributed by atoms with Crippen molar-refractivity contribution < 1.29 is 19.5 Å². The fraction of sp³-hybridized carbons (Fsp3) is 0.143. The van der Waals surface area contributed by atoms with Gasteiger partial charge in [-0.15, -0.1) is 0 Å². The van der Waals surface area contributed by atoms with Crippen molar-refractivity contribution in [3.63, 3.8) is 0 Å². The average Bonchev–Trinajstić information content (AvgIpc) is 2.40. The van der Waals surface area contributed by atoms with Gasteiger partial charge < -0.3 is 15.5 Å². The second-order valence-electron chi connectivity index (χ2n) is 4.53. The molecule has 0 aliphatic carbocycles. The number of nitro groups is 1. The number of phenols is 2. The summed E-state index contributed by atoms with van der Waals surface area (Å²) in [6, 6.07) is 6.91. The van der Waals surface area contributed by atoms with E-state index in [9.17, 15) is 24.7 Å². The third-order valence-corrected chi connectivity index (χ3v) is 3.02. The summed E-state index contributed by atoms with van der Waals surface area (Å²) >= 11 is 0. The molecule has 6 nitrogen and oxygen atoms in total. The number of benzene rings is 2. The molecule has 0 fully saturated rings. The van der Waals surface area contributed by atoms with Crippen molar-refractivity contribution in [2.24, 2.45) is 0 Å². The highest BCUT2D eigenvalue weighted by Gasteiger charge is 2.15. The molecular formula is C14H13FN2O4. The van der Waals surface area contributed by atoms with Crippen LogP contribution in [0.1, 0.15) is 18.5 Å². The number of phenolic OH excluding ortho intramolecular Hbond substituents is 2. The fourth-order valence-corrected chi connectivity index (χ4v) is 1.94. The number of halogens is 1. The Morgan fingerprint density at radius 1 is 1.24 bits per heavy atom. The Kier molecular flexibility index (Phi) is 3.93. The minimum Gasteiger partial charge on any atom is -0.508 e. The van der Waals surface area contributed by atoms with Crippen LogP contribution in [-0.2, 0) is 0 Å². The molecule has 0 heterocycles. The van der Waals surface area contributed by atoms with Crippen LogP contribution in [0.15, 0.2) is 36.4 Å². The molecular weight excluding hydrogens is 279 g/mol. The summed E-state index contributed by atoms with van der Waals surface area (Å²) in [5.74, 6) is -0.961. The Hall–Kier alpha value is -2.83. The first-order valence-corrected chi connectivity index (χ1v) is 6.11. The summed E-state index contributed by atoms with van der Waals surface area (Å²) in [5, 5.41) is 32.3. The molecule has 7 heteroatoms. The standard InChI is InChI=1S/C14H13FN2O4/c1-8(11-4-3-10(18)7-14(11)19)16-13-5-2-9(17(20)21)6-12(13)15/h2-8,16,18-19H,1H3. The zero-order valence-corrected chi connectivity index (χ0v) is 11.1. The van der Waals surface area contributed by atoms with E-state index in [0.717, 1.165) is 6.07 Å². The lowest BCUT2D eigenvalue weighted by molar-refractivity contribution is -0.385. The van der Waals surface area contributed by atoms with Crippen LogP contribution >= 0.6 is 0 Å². The number of nitrogens with one attached hydrogen (secondary N) is 1. The molecule has 0 bridgehead atoms. The number of aromatic hydroxyl groups is 2. The fourth-order valence-electron chi connectivity index (χ4n) is 1.94. The highest BCUT2D eigenvalue weighted by atomic mass is 19.1. The van der Waals surface area contributed by atoms with Gasteiger partial charge in [0, 0.05) is 17.7 Å². The summed E-state index contributed by atoms with van der Waals surface area (Å²) in [7, 11) is 0. The van der Waals surface area contributed by atoms with E-state index in [2.05, 4.69) is 5.32 Å². The van der Waals surface area contributed by atoms with Crippen molar-refractivity contribution in [1.29, 1.82) is 0 Å². The van der Waals surface area contributed by atoms with Gasteiger partial charge in [0.25, 0.3) is 5.69 Å². The van der Waals surface area contributed by atoms with Gasteiger partial charge in [-0.2, -0.15) is 0 Å². The molecule has 0 saturated heterocycles. The van der Waals surface area contributed by atoms with E-state index in [0.29, 0.717) is 5.56 Å². The molecule has 3 N–H and O–H groups in total. The molecule has 1 unspecified atom stereocenters. The van der Waals surface area contributed by atoms with Crippen LogP contribution in [-0.4, -0.2) is 15.1 Å². The highest BCUT2D eigenvalue weighted by molar-refractivity contribution is 5.53. The Morgan fingerprint density at radius 2 is 1.95 bits per heavy atom. The second-order valence-corrected chi connectivity index (χ2v) is 4.53. The maximum absolute atomic E-state index is 13.8. The van der Waals surface area contributed by atoms with Crippen molar-refractivity contribution >= 4 is 11.4 Å². The predicted octanol–water partition coefficient (Wildman–Crippen LogP) is 3.32. The van der Waals surface area contributed by atoms with E-state index in [4.69, 9.17) is 0 Å². The topological polar surface area (TPSA) is 95.6 Å². The number of non-ortho nitro benzene ring substituents is 1. The van der Waals surface area contributed by atoms with Crippen LogP contribution in [0.3, 0.4) is 0 Å². The zero-order chi connectivity index (χ0) is 15.6. The molecule has 0 aromatic heterocycles. The van der Waals surface area contributed by atoms with Crippen LogP contribution in [0.2, 0.25) is 0 Å². The number of hydrogen-bond donors (Lipinski definition) is 3. The largest absolute Gasteiger partial charge is 0.508 e. The first-order valence-electron chi connectivity index (χ1n) is 6.11. The number of nitro benzene ring substituents is 1. The number of rotatable bonds is 4. The quantitative estimate of drug-likeness (QED) is 0.593. The number of hydrogen-bond acceptors (Lipinski definition) is 5. The predicted molar refractivity (Wildman–Crippen MR) is 74.9 cm³/mol. The SMILES string of the molecule is CC(Nc1ccc([N+](=O)[O-])cc1F)c1ccc(O)cc1O. The van der Waals surface area contributed by atoms with Gasteiger partial charge in [-0.25, -0.2) is 4.39 Å². The van der Waals surface area contributed by atoms with E-state index in [1.807, 2.05) is 0 Å². The highest BCUT2D eigenvalue weighted by Crippen LogP contribution is 2.31. The molecule has 0 aliphatic rings.